The highest BCUT2D eigenvalue weighted by Crippen LogP contribution is 2.24. The summed E-state index contributed by atoms with van der Waals surface area (Å²) in [6.07, 6.45) is 12.6. The predicted molar refractivity (Wildman–Crippen MR) is 112 cm³/mol. The van der Waals surface area contributed by atoms with Crippen LogP contribution in [0, 0.1) is 0 Å². The maximum Gasteiger partial charge on any atom is 0.115 e. The lowest BCUT2D eigenvalue weighted by atomic mass is 10.0. The van der Waals surface area contributed by atoms with Crippen molar-refractivity contribution in [2.75, 3.05) is 6.61 Å². The lowest BCUT2D eigenvalue weighted by Crippen LogP contribution is -2.00. The van der Waals surface area contributed by atoms with Gasteiger partial charge in [0, 0.05) is 19.0 Å². The molecule has 5 nitrogen and oxygen atoms in total. The summed E-state index contributed by atoms with van der Waals surface area (Å²) >= 11 is 0. The molecule has 0 fully saturated rings. The molecule has 0 aliphatic heterocycles. The first kappa shape index (κ1) is 20.1. The van der Waals surface area contributed by atoms with Crippen LogP contribution in [0.3, 0.4) is 0 Å². The van der Waals surface area contributed by atoms with Gasteiger partial charge in [-0.25, -0.2) is 0 Å². The third kappa shape index (κ3) is 5.92. The molecule has 0 aliphatic rings. The number of aliphatic hydroxyl groups excluding tert-OH is 1. The molecule has 3 aromatic heterocycles. The fourth-order valence-electron chi connectivity index (χ4n) is 3.29. The van der Waals surface area contributed by atoms with Crippen molar-refractivity contribution in [2.24, 2.45) is 0 Å². The van der Waals surface area contributed by atoms with Crippen LogP contribution in [0.5, 0.6) is 0 Å². The van der Waals surface area contributed by atoms with Crippen LogP contribution in [0.4, 0.5) is 0 Å². The molecular weight excluding hydrogens is 348 g/mol. The van der Waals surface area contributed by atoms with Gasteiger partial charge < -0.3 is 5.11 Å². The van der Waals surface area contributed by atoms with Crippen LogP contribution in [0.15, 0.2) is 54.9 Å². The number of unbranched alkanes of at least 4 members (excludes halogenated alkanes) is 6. The van der Waals surface area contributed by atoms with Crippen LogP contribution in [0.1, 0.15) is 50.5 Å². The molecule has 0 spiro atoms. The summed E-state index contributed by atoms with van der Waals surface area (Å²) in [6, 6.07) is 13.8. The Morgan fingerprint density at radius 1 is 0.643 bits per heavy atom. The Bertz CT molecular complexity index is 825. The maximum absolute atomic E-state index is 8.84. The van der Waals surface area contributed by atoms with E-state index in [-0.39, 0.29) is 0 Å². The smallest absolute Gasteiger partial charge is 0.115 e. The average Bonchev–Trinajstić information content (AvgIpc) is 2.77. The summed E-state index contributed by atoms with van der Waals surface area (Å²) < 4.78 is 0. The van der Waals surface area contributed by atoms with E-state index in [0.29, 0.717) is 6.61 Å². The van der Waals surface area contributed by atoms with Crippen LogP contribution in [-0.4, -0.2) is 31.9 Å². The van der Waals surface area contributed by atoms with Gasteiger partial charge in [0.25, 0.3) is 0 Å². The number of aliphatic hydroxyl groups is 1. The van der Waals surface area contributed by atoms with Crippen LogP contribution < -0.4 is 0 Å². The third-order valence-electron chi connectivity index (χ3n) is 4.81. The number of pyridine rings is 2. The van der Waals surface area contributed by atoms with Crippen LogP contribution in [0.25, 0.3) is 22.8 Å². The summed E-state index contributed by atoms with van der Waals surface area (Å²) in [5.41, 5.74) is 4.55. The summed E-state index contributed by atoms with van der Waals surface area (Å²) in [6.45, 7) is 0.309. The molecule has 0 saturated carbocycles. The van der Waals surface area contributed by atoms with Crippen molar-refractivity contribution in [2.45, 2.75) is 51.4 Å². The fraction of sp³-hybridized carbons (Fsp3) is 0.391. The second kappa shape index (κ2) is 11.2. The van der Waals surface area contributed by atoms with E-state index >= 15 is 0 Å². The third-order valence-corrected chi connectivity index (χ3v) is 4.81. The summed E-state index contributed by atoms with van der Waals surface area (Å²) in [7, 11) is 0. The van der Waals surface area contributed by atoms with Gasteiger partial charge in [-0.3, -0.25) is 9.97 Å². The van der Waals surface area contributed by atoms with Gasteiger partial charge >= 0.3 is 0 Å². The minimum absolute atomic E-state index is 0.309. The van der Waals surface area contributed by atoms with Crippen molar-refractivity contribution >= 4 is 0 Å². The van der Waals surface area contributed by atoms with Crippen LogP contribution >= 0.6 is 0 Å². The second-order valence-electron chi connectivity index (χ2n) is 6.98. The summed E-state index contributed by atoms with van der Waals surface area (Å²) in [5.74, 6) is 0. The van der Waals surface area contributed by atoms with Gasteiger partial charge in [0.05, 0.1) is 11.4 Å². The topological polar surface area (TPSA) is 71.8 Å². The molecule has 0 radical (unpaired) electrons. The van der Waals surface area contributed by atoms with E-state index in [1.54, 1.807) is 12.4 Å². The lowest BCUT2D eigenvalue weighted by Gasteiger charge is -2.10. The zero-order valence-corrected chi connectivity index (χ0v) is 16.3. The van der Waals surface area contributed by atoms with E-state index in [0.717, 1.165) is 48.5 Å². The molecule has 0 aliphatic carbocycles. The van der Waals surface area contributed by atoms with Gasteiger partial charge in [-0.2, -0.15) is 0 Å². The molecule has 0 bridgehead atoms. The quantitative estimate of drug-likeness (QED) is 0.484. The first-order chi connectivity index (χ1) is 13.9. The standard InChI is InChI=1S/C23H28N4O/c28-17-11-5-3-1-2-4-6-12-19-18-22(20-13-7-9-15-24-20)26-27-23(19)21-14-8-10-16-25-21/h7-10,13-16,18,28H,1-6,11-12,17H2. The molecule has 5 heteroatoms. The van der Waals surface area contributed by atoms with E-state index in [1.165, 1.54) is 31.2 Å². The first-order valence-electron chi connectivity index (χ1n) is 10.2. The molecule has 1 N–H and O–H groups in total. The normalized spacial score (nSPS) is 10.9. The van der Waals surface area contributed by atoms with Crippen molar-refractivity contribution in [3.63, 3.8) is 0 Å². The Morgan fingerprint density at radius 2 is 1.29 bits per heavy atom. The van der Waals surface area contributed by atoms with Gasteiger partial charge in [-0.1, -0.05) is 44.2 Å². The summed E-state index contributed by atoms with van der Waals surface area (Å²) in [4.78, 5) is 8.86. The van der Waals surface area contributed by atoms with Crippen molar-refractivity contribution in [3.8, 4) is 22.8 Å². The number of rotatable bonds is 11. The molecule has 0 atom stereocenters. The number of hydrogen-bond acceptors (Lipinski definition) is 5. The molecule has 0 aromatic carbocycles. The predicted octanol–water partition coefficient (Wildman–Crippen LogP) is 4.87. The minimum Gasteiger partial charge on any atom is -0.396 e. The molecule has 3 rings (SSSR count). The van der Waals surface area contributed by atoms with E-state index in [4.69, 9.17) is 5.11 Å². The van der Waals surface area contributed by atoms with Gasteiger partial charge in [-0.15, -0.1) is 10.2 Å². The van der Waals surface area contributed by atoms with Gasteiger partial charge in [0.15, 0.2) is 0 Å². The molecule has 3 heterocycles. The summed E-state index contributed by atoms with van der Waals surface area (Å²) in [5, 5.41) is 17.7. The highest BCUT2D eigenvalue weighted by atomic mass is 16.2. The van der Waals surface area contributed by atoms with Crippen molar-refractivity contribution in [1.82, 2.24) is 20.2 Å². The second-order valence-corrected chi connectivity index (χ2v) is 6.98. The van der Waals surface area contributed by atoms with E-state index in [2.05, 4.69) is 26.2 Å². The Morgan fingerprint density at radius 3 is 1.93 bits per heavy atom. The Labute approximate surface area is 166 Å². The molecule has 146 valence electrons. The SMILES string of the molecule is OCCCCCCCCCc1cc(-c2ccccn2)nnc1-c1ccccn1. The minimum atomic E-state index is 0.309. The molecule has 28 heavy (non-hydrogen) atoms. The van der Waals surface area contributed by atoms with E-state index < -0.39 is 0 Å². The van der Waals surface area contributed by atoms with Crippen molar-refractivity contribution in [3.05, 3.63) is 60.4 Å². The van der Waals surface area contributed by atoms with E-state index in [9.17, 15) is 0 Å². The number of aryl methyl sites for hydroxylation is 1. The van der Waals surface area contributed by atoms with E-state index in [1.807, 2.05) is 36.4 Å². The molecule has 0 unspecified atom stereocenters. The van der Waals surface area contributed by atoms with Gasteiger partial charge in [-0.05, 0) is 55.2 Å². The van der Waals surface area contributed by atoms with Crippen LogP contribution in [0.2, 0.25) is 0 Å². The first-order valence-corrected chi connectivity index (χ1v) is 10.2. The maximum atomic E-state index is 8.84. The van der Waals surface area contributed by atoms with Crippen molar-refractivity contribution in [1.29, 1.82) is 0 Å². The zero-order valence-electron chi connectivity index (χ0n) is 16.3. The van der Waals surface area contributed by atoms with Gasteiger partial charge in [0.1, 0.15) is 11.4 Å². The average molecular weight is 377 g/mol. The number of aromatic nitrogens is 4. The highest BCUT2D eigenvalue weighted by Gasteiger charge is 2.12. The van der Waals surface area contributed by atoms with Gasteiger partial charge in [0.2, 0.25) is 0 Å². The molecule has 0 amide bonds. The fourth-order valence-corrected chi connectivity index (χ4v) is 3.29. The Kier molecular flexibility index (Phi) is 8.07. The molecule has 0 saturated heterocycles. The number of nitrogens with zero attached hydrogens (tertiary/aromatic N) is 4. The molecule has 3 aromatic rings. The van der Waals surface area contributed by atoms with Crippen LogP contribution in [-0.2, 0) is 6.42 Å². The highest BCUT2D eigenvalue weighted by molar-refractivity contribution is 5.63. The molecular formula is C23H28N4O. The Hall–Kier alpha value is -2.66. The monoisotopic (exact) mass is 376 g/mol. The number of hydrogen-bond donors (Lipinski definition) is 1. The van der Waals surface area contributed by atoms with Crippen molar-refractivity contribution < 1.29 is 5.11 Å². The lowest BCUT2D eigenvalue weighted by molar-refractivity contribution is 0.282. The Balaban J connectivity index is 1.67. The zero-order chi connectivity index (χ0) is 19.4. The largest absolute Gasteiger partial charge is 0.396 e.